The van der Waals surface area contributed by atoms with Gasteiger partial charge < -0.3 is 4.74 Å². The molecule has 0 aliphatic heterocycles. The second-order valence-electron chi connectivity index (χ2n) is 1.37. The van der Waals surface area contributed by atoms with Gasteiger partial charge in [0.15, 0.2) is 5.69 Å². The first kappa shape index (κ1) is 9.39. The molecular formula is C5H6ClNO2S. The molecule has 0 aromatic carbocycles. The molecule has 5 heteroatoms. The zero-order valence-electron chi connectivity index (χ0n) is 5.23. The summed E-state index contributed by atoms with van der Waals surface area (Å²) in [6.45, 7) is 0. The van der Waals surface area contributed by atoms with E-state index in [-0.39, 0.29) is 18.4 Å². The van der Waals surface area contributed by atoms with Crippen LogP contribution >= 0.6 is 23.7 Å². The Morgan fingerprint density at radius 1 is 1.80 bits per heavy atom. The van der Waals surface area contributed by atoms with Crippen molar-refractivity contribution in [1.82, 2.24) is 4.98 Å². The Balaban J connectivity index is 0.000000810. The molecular weight excluding hydrogens is 174 g/mol. The van der Waals surface area contributed by atoms with Gasteiger partial charge in [0.1, 0.15) is 0 Å². The van der Waals surface area contributed by atoms with E-state index >= 15 is 0 Å². The monoisotopic (exact) mass is 179 g/mol. The maximum Gasteiger partial charge on any atom is 0.357 e. The van der Waals surface area contributed by atoms with Crippen LogP contribution in [0, 0.1) is 0 Å². The average molecular weight is 180 g/mol. The van der Waals surface area contributed by atoms with Gasteiger partial charge in [-0.3, -0.25) is 0 Å². The molecule has 0 saturated heterocycles. The molecule has 10 heavy (non-hydrogen) atoms. The van der Waals surface area contributed by atoms with Gasteiger partial charge in [0.25, 0.3) is 0 Å². The van der Waals surface area contributed by atoms with Crippen molar-refractivity contribution in [1.29, 1.82) is 0 Å². The normalized spacial score (nSPS) is 8.10. The number of aromatic nitrogens is 1. The molecule has 0 saturated carbocycles. The molecule has 0 aliphatic rings. The number of carbonyl (C=O) groups is 1. The molecule has 0 amide bonds. The fourth-order valence-electron chi connectivity index (χ4n) is 0.418. The van der Waals surface area contributed by atoms with Crippen molar-refractivity contribution in [3.63, 3.8) is 0 Å². The Labute approximate surface area is 68.4 Å². The second kappa shape index (κ2) is 4.24. The molecule has 0 radical (unpaired) electrons. The standard InChI is InChI=1S/C5H5NO2S.ClH/c1-8-5(7)4-2-9-3-6-4;/h2-3H,1H3;1H. The summed E-state index contributed by atoms with van der Waals surface area (Å²) in [6.07, 6.45) is 0. The lowest BCUT2D eigenvalue weighted by atomic mass is 10.5. The van der Waals surface area contributed by atoms with E-state index in [1.54, 1.807) is 10.9 Å². The van der Waals surface area contributed by atoms with Gasteiger partial charge in [-0.25, -0.2) is 9.78 Å². The quantitative estimate of drug-likeness (QED) is 0.611. The van der Waals surface area contributed by atoms with E-state index in [4.69, 9.17) is 0 Å². The average Bonchev–Trinajstić information content (AvgIpc) is 2.37. The van der Waals surface area contributed by atoms with E-state index in [0.29, 0.717) is 5.69 Å². The molecule has 0 aliphatic carbocycles. The first-order valence-electron chi connectivity index (χ1n) is 2.31. The van der Waals surface area contributed by atoms with Crippen molar-refractivity contribution < 1.29 is 9.53 Å². The number of halogens is 1. The summed E-state index contributed by atoms with van der Waals surface area (Å²) in [7, 11) is 1.34. The van der Waals surface area contributed by atoms with E-state index in [0.717, 1.165) is 0 Å². The predicted octanol–water partition coefficient (Wildman–Crippen LogP) is 1.35. The van der Waals surface area contributed by atoms with Crippen LogP contribution in [0.15, 0.2) is 10.9 Å². The van der Waals surface area contributed by atoms with E-state index in [9.17, 15) is 4.79 Å². The molecule has 0 bridgehead atoms. The summed E-state index contributed by atoms with van der Waals surface area (Å²) in [5.74, 6) is -0.378. The molecule has 0 N–H and O–H groups in total. The fourth-order valence-corrected chi connectivity index (χ4v) is 0.939. The smallest absolute Gasteiger partial charge is 0.357 e. The first-order valence-corrected chi connectivity index (χ1v) is 3.25. The number of carbonyl (C=O) groups excluding carboxylic acids is 1. The number of esters is 1. The van der Waals surface area contributed by atoms with Crippen LogP contribution in [0.3, 0.4) is 0 Å². The summed E-state index contributed by atoms with van der Waals surface area (Å²) in [5.41, 5.74) is 1.97. The van der Waals surface area contributed by atoms with Crippen molar-refractivity contribution in [3.8, 4) is 0 Å². The topological polar surface area (TPSA) is 39.2 Å². The first-order chi connectivity index (χ1) is 4.34. The summed E-state index contributed by atoms with van der Waals surface area (Å²) < 4.78 is 4.40. The van der Waals surface area contributed by atoms with Gasteiger partial charge in [-0.05, 0) is 0 Å². The van der Waals surface area contributed by atoms with Gasteiger partial charge in [-0.2, -0.15) is 0 Å². The Morgan fingerprint density at radius 2 is 2.50 bits per heavy atom. The predicted molar refractivity (Wildman–Crippen MR) is 40.7 cm³/mol. The Hall–Kier alpha value is -0.610. The highest BCUT2D eigenvalue weighted by molar-refractivity contribution is 7.07. The van der Waals surface area contributed by atoms with Gasteiger partial charge in [-0.1, -0.05) is 0 Å². The maximum atomic E-state index is 10.6. The molecule has 1 heterocycles. The van der Waals surface area contributed by atoms with Gasteiger partial charge in [0, 0.05) is 5.38 Å². The van der Waals surface area contributed by atoms with Crippen LogP contribution in [0.4, 0.5) is 0 Å². The lowest BCUT2D eigenvalue weighted by molar-refractivity contribution is 0.0595. The highest BCUT2D eigenvalue weighted by Crippen LogP contribution is 2.01. The van der Waals surface area contributed by atoms with Gasteiger partial charge in [0.2, 0.25) is 0 Å². The highest BCUT2D eigenvalue weighted by Gasteiger charge is 2.04. The van der Waals surface area contributed by atoms with Gasteiger partial charge in [-0.15, -0.1) is 23.7 Å². The number of hydrogen-bond donors (Lipinski definition) is 0. The Morgan fingerprint density at radius 3 is 2.90 bits per heavy atom. The molecule has 0 unspecified atom stereocenters. The third kappa shape index (κ3) is 1.97. The van der Waals surface area contributed by atoms with E-state index in [2.05, 4.69) is 9.72 Å². The van der Waals surface area contributed by atoms with Crippen LogP contribution in [0.1, 0.15) is 10.5 Å². The maximum absolute atomic E-state index is 10.6. The summed E-state index contributed by atoms with van der Waals surface area (Å²) in [5, 5.41) is 1.64. The van der Waals surface area contributed by atoms with Gasteiger partial charge in [0.05, 0.1) is 12.6 Å². The number of thiazole rings is 1. The third-order valence-corrected chi connectivity index (χ3v) is 1.41. The van der Waals surface area contributed by atoms with E-state index in [1.807, 2.05) is 0 Å². The lowest BCUT2D eigenvalue weighted by Crippen LogP contribution is -2.00. The number of rotatable bonds is 1. The molecule has 1 aromatic heterocycles. The minimum absolute atomic E-state index is 0. The van der Waals surface area contributed by atoms with Crippen molar-refractivity contribution >= 4 is 29.7 Å². The number of ether oxygens (including phenoxy) is 1. The van der Waals surface area contributed by atoms with E-state index < -0.39 is 0 Å². The van der Waals surface area contributed by atoms with Crippen molar-refractivity contribution in [2.45, 2.75) is 0 Å². The zero-order chi connectivity index (χ0) is 6.69. The molecule has 0 fully saturated rings. The fraction of sp³-hybridized carbons (Fsp3) is 0.200. The van der Waals surface area contributed by atoms with Crippen LogP contribution in [-0.4, -0.2) is 18.1 Å². The molecule has 0 spiro atoms. The SMILES string of the molecule is COC(=O)c1cscn1.Cl. The molecule has 0 atom stereocenters. The van der Waals surface area contributed by atoms with Crippen LogP contribution in [-0.2, 0) is 4.74 Å². The minimum Gasteiger partial charge on any atom is -0.464 e. The Bertz CT molecular complexity index is 199. The zero-order valence-corrected chi connectivity index (χ0v) is 6.87. The minimum atomic E-state index is -0.378. The molecule has 56 valence electrons. The molecule has 3 nitrogen and oxygen atoms in total. The van der Waals surface area contributed by atoms with Crippen LogP contribution < -0.4 is 0 Å². The number of methoxy groups -OCH3 is 1. The second-order valence-corrected chi connectivity index (χ2v) is 2.08. The van der Waals surface area contributed by atoms with Crippen LogP contribution in [0.25, 0.3) is 0 Å². The largest absolute Gasteiger partial charge is 0.464 e. The van der Waals surface area contributed by atoms with Crippen LogP contribution in [0.5, 0.6) is 0 Å². The third-order valence-electron chi connectivity index (χ3n) is 0.827. The highest BCUT2D eigenvalue weighted by atomic mass is 35.5. The number of nitrogens with zero attached hydrogens (tertiary/aromatic N) is 1. The summed E-state index contributed by atoms with van der Waals surface area (Å²) in [4.78, 5) is 14.3. The van der Waals surface area contributed by atoms with Gasteiger partial charge >= 0.3 is 5.97 Å². The lowest BCUT2D eigenvalue weighted by Gasteiger charge is -1.89. The number of hydrogen-bond acceptors (Lipinski definition) is 4. The van der Waals surface area contributed by atoms with Crippen molar-refractivity contribution in [2.75, 3.05) is 7.11 Å². The Kier molecular flexibility index (Phi) is 3.99. The van der Waals surface area contributed by atoms with E-state index in [1.165, 1.54) is 18.4 Å². The molecule has 1 rings (SSSR count). The summed E-state index contributed by atoms with van der Waals surface area (Å²) in [6, 6.07) is 0. The van der Waals surface area contributed by atoms with Crippen molar-refractivity contribution in [2.24, 2.45) is 0 Å². The van der Waals surface area contributed by atoms with Crippen LogP contribution in [0.2, 0.25) is 0 Å². The van der Waals surface area contributed by atoms with Crippen molar-refractivity contribution in [3.05, 3.63) is 16.6 Å². The summed E-state index contributed by atoms with van der Waals surface area (Å²) >= 11 is 1.37. The molecule has 1 aromatic rings.